The number of para-hydroxylation sites is 1. The molecule has 0 aliphatic heterocycles. The van der Waals surface area contributed by atoms with Crippen molar-refractivity contribution in [3.8, 4) is 16.9 Å². The van der Waals surface area contributed by atoms with Crippen molar-refractivity contribution < 1.29 is 18.5 Å². The molecule has 3 N–H and O–H groups in total. The van der Waals surface area contributed by atoms with Crippen LogP contribution in [0.3, 0.4) is 0 Å². The Bertz CT molecular complexity index is 1190. The van der Waals surface area contributed by atoms with Gasteiger partial charge >= 0.3 is 0 Å². The molecule has 0 aliphatic carbocycles. The number of amides is 2. The number of primary amides is 1. The van der Waals surface area contributed by atoms with E-state index in [2.05, 4.69) is 15.6 Å². The van der Waals surface area contributed by atoms with Crippen molar-refractivity contribution in [1.82, 2.24) is 14.9 Å². The highest BCUT2D eigenvalue weighted by Crippen LogP contribution is 2.34. The van der Waals surface area contributed by atoms with Crippen molar-refractivity contribution in [1.29, 1.82) is 0 Å². The minimum absolute atomic E-state index is 0.0382. The molecule has 4 aromatic rings. The maximum Gasteiger partial charge on any atom is 0.293 e. The van der Waals surface area contributed by atoms with Crippen molar-refractivity contribution in [3.05, 3.63) is 71.4 Å². The second kappa shape index (κ2) is 7.12. The number of rotatable bonds is 5. The predicted octanol–water partition coefficient (Wildman–Crippen LogP) is 3.09. The number of hydrogen-bond donors (Lipinski definition) is 2. The van der Waals surface area contributed by atoms with Crippen molar-refractivity contribution in [3.63, 3.8) is 0 Å². The van der Waals surface area contributed by atoms with E-state index in [4.69, 9.17) is 14.7 Å². The van der Waals surface area contributed by atoms with Crippen LogP contribution in [0, 0.1) is 13.8 Å². The summed E-state index contributed by atoms with van der Waals surface area (Å²) in [4.78, 5) is 24.4. The Morgan fingerprint density at radius 2 is 1.86 bits per heavy atom. The minimum Gasteiger partial charge on any atom is -0.459 e. The van der Waals surface area contributed by atoms with E-state index in [-0.39, 0.29) is 22.9 Å². The Morgan fingerprint density at radius 3 is 2.52 bits per heavy atom. The number of nitrogens with two attached hydrogens (primary N) is 1. The fourth-order valence-electron chi connectivity index (χ4n) is 3.15. The number of carbonyl (C=O) groups is 2. The predicted molar refractivity (Wildman–Crippen MR) is 104 cm³/mol. The molecule has 29 heavy (non-hydrogen) atoms. The van der Waals surface area contributed by atoms with Crippen LogP contribution in [0.15, 0.2) is 57.7 Å². The molecule has 0 saturated carbocycles. The Kier molecular flexibility index (Phi) is 4.47. The summed E-state index contributed by atoms with van der Waals surface area (Å²) in [5.41, 5.74) is 8.58. The molecule has 3 heterocycles. The van der Waals surface area contributed by atoms with Gasteiger partial charge in [0, 0.05) is 5.56 Å². The first-order chi connectivity index (χ1) is 14.0. The van der Waals surface area contributed by atoms with Gasteiger partial charge in [0.25, 0.3) is 11.8 Å². The van der Waals surface area contributed by atoms with E-state index < -0.39 is 11.8 Å². The van der Waals surface area contributed by atoms with Crippen LogP contribution in [0.4, 0.5) is 5.88 Å². The molecule has 0 fully saturated rings. The molecule has 146 valence electrons. The average Bonchev–Trinajstić information content (AvgIpc) is 3.42. The topological polar surface area (TPSA) is 129 Å². The van der Waals surface area contributed by atoms with Crippen molar-refractivity contribution in [2.24, 2.45) is 5.73 Å². The number of benzene rings is 1. The fourth-order valence-corrected chi connectivity index (χ4v) is 3.15. The van der Waals surface area contributed by atoms with E-state index in [1.54, 1.807) is 17.7 Å². The molecule has 4 rings (SSSR count). The van der Waals surface area contributed by atoms with Gasteiger partial charge in [-0.15, -0.1) is 0 Å². The molecule has 1 aromatic carbocycles. The molecule has 0 atom stereocenters. The van der Waals surface area contributed by atoms with Gasteiger partial charge in [0.2, 0.25) is 5.88 Å². The third-order valence-electron chi connectivity index (χ3n) is 4.44. The summed E-state index contributed by atoms with van der Waals surface area (Å²) < 4.78 is 12.0. The minimum atomic E-state index is -0.790. The van der Waals surface area contributed by atoms with Gasteiger partial charge in [-0.05, 0) is 38.1 Å². The molecular weight excluding hydrogens is 374 g/mol. The molecular formula is C20H17N5O4. The van der Waals surface area contributed by atoms with E-state index >= 15 is 0 Å². The zero-order valence-corrected chi connectivity index (χ0v) is 15.7. The molecule has 0 bridgehead atoms. The van der Waals surface area contributed by atoms with Gasteiger partial charge in [-0.1, -0.05) is 23.4 Å². The van der Waals surface area contributed by atoms with Gasteiger partial charge in [0.15, 0.2) is 5.76 Å². The smallest absolute Gasteiger partial charge is 0.293 e. The van der Waals surface area contributed by atoms with E-state index in [1.807, 2.05) is 37.3 Å². The quantitative estimate of drug-likeness (QED) is 0.538. The van der Waals surface area contributed by atoms with Crippen molar-refractivity contribution >= 4 is 17.7 Å². The number of furan rings is 1. The Morgan fingerprint density at radius 1 is 1.10 bits per heavy atom. The summed E-state index contributed by atoms with van der Waals surface area (Å²) in [6.07, 6.45) is 1.36. The molecule has 0 unspecified atom stereocenters. The number of aromatic nitrogens is 3. The monoisotopic (exact) mass is 391 g/mol. The van der Waals surface area contributed by atoms with Crippen LogP contribution < -0.4 is 11.1 Å². The molecule has 2 amide bonds. The molecule has 0 aliphatic rings. The first kappa shape index (κ1) is 18.2. The van der Waals surface area contributed by atoms with Gasteiger partial charge in [-0.2, -0.15) is 5.10 Å². The molecule has 9 heteroatoms. The lowest BCUT2D eigenvalue weighted by Gasteiger charge is -2.05. The zero-order valence-electron chi connectivity index (χ0n) is 15.7. The lowest BCUT2D eigenvalue weighted by atomic mass is 10.1. The highest BCUT2D eigenvalue weighted by molar-refractivity contribution is 6.09. The van der Waals surface area contributed by atoms with Gasteiger partial charge in [0.05, 0.1) is 23.3 Å². The number of nitrogens with one attached hydrogen (secondary N) is 1. The van der Waals surface area contributed by atoms with Crippen LogP contribution in [-0.4, -0.2) is 26.8 Å². The molecule has 0 radical (unpaired) electrons. The number of nitrogens with zero attached hydrogens (tertiary/aromatic N) is 3. The standard InChI is InChI=1S/C20H17N5O4/c1-11-15(12(2)25(23-11)13-7-4-3-5-8-13)17-16(18(21)26)20(29-24-17)22-19(27)14-9-6-10-28-14/h3-10H,1-2H3,(H2,21,26)(H,22,27). The van der Waals surface area contributed by atoms with Gasteiger partial charge in [0.1, 0.15) is 11.3 Å². The van der Waals surface area contributed by atoms with E-state index in [0.717, 1.165) is 11.4 Å². The van der Waals surface area contributed by atoms with Crippen LogP contribution in [0.1, 0.15) is 32.3 Å². The van der Waals surface area contributed by atoms with Gasteiger partial charge < -0.3 is 14.7 Å². The van der Waals surface area contributed by atoms with Crippen molar-refractivity contribution in [2.75, 3.05) is 5.32 Å². The summed E-state index contributed by atoms with van der Waals surface area (Å²) in [5, 5.41) is 11.0. The SMILES string of the molecule is Cc1nn(-c2ccccc2)c(C)c1-c1noc(NC(=O)c2ccco2)c1C(N)=O. The maximum atomic E-state index is 12.3. The van der Waals surface area contributed by atoms with E-state index in [0.29, 0.717) is 11.3 Å². The van der Waals surface area contributed by atoms with E-state index in [1.165, 1.54) is 12.3 Å². The summed E-state index contributed by atoms with van der Waals surface area (Å²) >= 11 is 0. The number of carbonyl (C=O) groups excluding carboxylic acids is 2. The second-order valence-electron chi connectivity index (χ2n) is 6.32. The van der Waals surface area contributed by atoms with Crippen LogP contribution in [-0.2, 0) is 0 Å². The average molecular weight is 391 g/mol. The lowest BCUT2D eigenvalue weighted by Crippen LogP contribution is -2.17. The summed E-state index contributed by atoms with van der Waals surface area (Å²) in [5.74, 6) is -1.47. The summed E-state index contributed by atoms with van der Waals surface area (Å²) in [6, 6.07) is 12.6. The van der Waals surface area contributed by atoms with Gasteiger partial charge in [-0.25, -0.2) is 4.68 Å². The lowest BCUT2D eigenvalue weighted by molar-refractivity contribution is 0.0993. The maximum absolute atomic E-state index is 12.3. The van der Waals surface area contributed by atoms with Crippen LogP contribution in [0.2, 0.25) is 0 Å². The number of aryl methyl sites for hydroxylation is 1. The molecule has 3 aromatic heterocycles. The normalized spacial score (nSPS) is 10.8. The van der Waals surface area contributed by atoms with Gasteiger partial charge in [-0.3, -0.25) is 14.9 Å². The molecule has 0 spiro atoms. The Hall–Kier alpha value is -4.14. The first-order valence-electron chi connectivity index (χ1n) is 8.73. The number of hydrogen-bond acceptors (Lipinski definition) is 6. The second-order valence-corrected chi connectivity index (χ2v) is 6.32. The summed E-state index contributed by atoms with van der Waals surface area (Å²) in [7, 11) is 0. The molecule has 0 saturated heterocycles. The van der Waals surface area contributed by atoms with Crippen LogP contribution >= 0.6 is 0 Å². The van der Waals surface area contributed by atoms with Crippen LogP contribution in [0.5, 0.6) is 0 Å². The Labute approximate surface area is 165 Å². The third-order valence-corrected chi connectivity index (χ3v) is 4.44. The molecule has 9 nitrogen and oxygen atoms in total. The first-order valence-corrected chi connectivity index (χ1v) is 8.73. The van der Waals surface area contributed by atoms with E-state index in [9.17, 15) is 9.59 Å². The zero-order chi connectivity index (χ0) is 20.5. The number of anilines is 1. The highest BCUT2D eigenvalue weighted by Gasteiger charge is 2.28. The third kappa shape index (κ3) is 3.18. The fraction of sp³-hybridized carbons (Fsp3) is 0.100. The Balaban J connectivity index is 1.78. The highest BCUT2D eigenvalue weighted by atomic mass is 16.5. The van der Waals surface area contributed by atoms with Crippen molar-refractivity contribution in [2.45, 2.75) is 13.8 Å². The van der Waals surface area contributed by atoms with Crippen LogP contribution in [0.25, 0.3) is 16.9 Å². The summed E-state index contributed by atoms with van der Waals surface area (Å²) in [6.45, 7) is 3.64. The largest absolute Gasteiger partial charge is 0.459 e.